The molecule has 0 aliphatic heterocycles. The first-order chi connectivity index (χ1) is 6.36. The molecular formula is C13H14. The Morgan fingerprint density at radius 3 is 2.85 bits per heavy atom. The Morgan fingerprint density at radius 1 is 1.08 bits per heavy atom. The molecule has 0 heteroatoms. The molecule has 13 heavy (non-hydrogen) atoms. The van der Waals surface area contributed by atoms with Crippen molar-refractivity contribution >= 4 is 6.08 Å². The van der Waals surface area contributed by atoms with Crippen LogP contribution in [0.15, 0.2) is 42.0 Å². The molecule has 1 aliphatic carbocycles. The third-order valence-electron chi connectivity index (χ3n) is 2.50. The van der Waals surface area contributed by atoms with Crippen LogP contribution in [-0.4, -0.2) is 0 Å². The van der Waals surface area contributed by atoms with E-state index in [0.29, 0.717) is 0 Å². The normalized spacial score (nSPS) is 22.1. The molecule has 0 saturated heterocycles. The molecule has 0 atom stereocenters. The van der Waals surface area contributed by atoms with Crippen LogP contribution >= 0.6 is 0 Å². The highest BCUT2D eigenvalue weighted by atomic mass is 14.1. The second kappa shape index (κ2) is 3.61. The summed E-state index contributed by atoms with van der Waals surface area (Å²) in [5, 5.41) is 0. The minimum Gasteiger partial charge on any atom is -0.0730 e. The van der Waals surface area contributed by atoms with Crippen molar-refractivity contribution in [3.63, 3.8) is 0 Å². The lowest BCUT2D eigenvalue weighted by Gasteiger charge is -2.08. The fraction of sp³-hybridized carbons (Fsp3) is 0.231. The SMILES string of the molecule is C/C1=C\C=C/c2ccccc2CC1. The lowest BCUT2D eigenvalue weighted by atomic mass is 9.98. The number of rotatable bonds is 0. The molecule has 1 aromatic rings. The maximum atomic E-state index is 2.22. The average Bonchev–Trinajstić information content (AvgIpc) is 2.13. The van der Waals surface area contributed by atoms with Crippen molar-refractivity contribution in [1.29, 1.82) is 0 Å². The molecule has 0 N–H and O–H groups in total. The summed E-state index contributed by atoms with van der Waals surface area (Å²) in [7, 11) is 0. The summed E-state index contributed by atoms with van der Waals surface area (Å²) >= 11 is 0. The molecule has 1 aliphatic rings. The van der Waals surface area contributed by atoms with Gasteiger partial charge < -0.3 is 0 Å². The van der Waals surface area contributed by atoms with E-state index in [1.165, 1.54) is 29.5 Å². The van der Waals surface area contributed by atoms with Crippen LogP contribution in [0.1, 0.15) is 24.5 Å². The molecule has 0 unspecified atom stereocenters. The summed E-state index contributed by atoms with van der Waals surface area (Å²) in [4.78, 5) is 0. The predicted molar refractivity (Wildman–Crippen MR) is 57.6 cm³/mol. The van der Waals surface area contributed by atoms with Crippen LogP contribution in [0.4, 0.5) is 0 Å². The molecule has 0 radical (unpaired) electrons. The zero-order valence-electron chi connectivity index (χ0n) is 7.96. The van der Waals surface area contributed by atoms with E-state index in [4.69, 9.17) is 0 Å². The molecule has 0 nitrogen and oxygen atoms in total. The number of fused-ring (bicyclic) bond motifs is 1. The topological polar surface area (TPSA) is 0 Å². The van der Waals surface area contributed by atoms with Gasteiger partial charge in [0.2, 0.25) is 0 Å². The standard InChI is InChI=1S/C13H14/c1-11-5-4-8-12-6-2-3-7-13(12)10-9-11/h2-8H,9-10H2,1H3/b8-4-,11-5+. The maximum Gasteiger partial charge on any atom is -0.0224 e. The lowest BCUT2D eigenvalue weighted by molar-refractivity contribution is 0.936. The molecular weight excluding hydrogens is 156 g/mol. The third kappa shape index (κ3) is 1.89. The molecule has 0 aromatic heterocycles. The van der Waals surface area contributed by atoms with Gasteiger partial charge in [-0.15, -0.1) is 0 Å². The zero-order valence-corrected chi connectivity index (χ0v) is 7.96. The highest BCUT2D eigenvalue weighted by molar-refractivity contribution is 5.56. The Hall–Kier alpha value is -1.30. The van der Waals surface area contributed by atoms with Gasteiger partial charge in [-0.3, -0.25) is 0 Å². The van der Waals surface area contributed by atoms with Gasteiger partial charge in [-0.1, -0.05) is 48.1 Å². The summed E-state index contributed by atoms with van der Waals surface area (Å²) in [6.45, 7) is 2.19. The Morgan fingerprint density at radius 2 is 1.92 bits per heavy atom. The van der Waals surface area contributed by atoms with E-state index in [1.807, 2.05) is 0 Å². The van der Waals surface area contributed by atoms with Crippen LogP contribution in [0, 0.1) is 0 Å². The molecule has 0 fully saturated rings. The summed E-state index contributed by atoms with van der Waals surface area (Å²) in [5.41, 5.74) is 4.29. The Kier molecular flexibility index (Phi) is 2.31. The average molecular weight is 170 g/mol. The molecule has 0 bridgehead atoms. The highest BCUT2D eigenvalue weighted by Crippen LogP contribution is 2.17. The summed E-state index contributed by atoms with van der Waals surface area (Å²) in [6.07, 6.45) is 8.89. The van der Waals surface area contributed by atoms with E-state index >= 15 is 0 Å². The molecule has 0 saturated carbocycles. The van der Waals surface area contributed by atoms with Crippen molar-refractivity contribution in [2.45, 2.75) is 19.8 Å². The van der Waals surface area contributed by atoms with Crippen molar-refractivity contribution in [2.75, 3.05) is 0 Å². The Bertz CT molecular complexity index is 356. The Labute approximate surface area is 79.6 Å². The van der Waals surface area contributed by atoms with Gasteiger partial charge in [0.25, 0.3) is 0 Å². The maximum absolute atomic E-state index is 2.22. The smallest absolute Gasteiger partial charge is 0.0224 e. The van der Waals surface area contributed by atoms with Gasteiger partial charge in [-0.2, -0.15) is 0 Å². The number of hydrogen-bond donors (Lipinski definition) is 0. The van der Waals surface area contributed by atoms with Crippen molar-refractivity contribution in [3.8, 4) is 0 Å². The number of hydrogen-bond acceptors (Lipinski definition) is 0. The molecule has 2 rings (SSSR count). The van der Waals surface area contributed by atoms with Crippen LogP contribution in [0.5, 0.6) is 0 Å². The van der Waals surface area contributed by atoms with Crippen LogP contribution in [0.2, 0.25) is 0 Å². The van der Waals surface area contributed by atoms with E-state index in [1.54, 1.807) is 0 Å². The Balaban J connectivity index is 2.40. The van der Waals surface area contributed by atoms with Crippen LogP contribution in [0.25, 0.3) is 6.08 Å². The lowest BCUT2D eigenvalue weighted by Crippen LogP contribution is -1.92. The minimum absolute atomic E-state index is 1.17. The molecule has 0 amide bonds. The van der Waals surface area contributed by atoms with E-state index < -0.39 is 0 Å². The number of aryl methyl sites for hydroxylation is 1. The van der Waals surface area contributed by atoms with Gasteiger partial charge in [0, 0.05) is 0 Å². The molecule has 0 spiro atoms. The van der Waals surface area contributed by atoms with E-state index in [9.17, 15) is 0 Å². The van der Waals surface area contributed by atoms with Crippen molar-refractivity contribution in [1.82, 2.24) is 0 Å². The number of benzene rings is 1. The van der Waals surface area contributed by atoms with Crippen LogP contribution in [0.3, 0.4) is 0 Å². The first-order valence-electron chi connectivity index (χ1n) is 4.78. The second-order valence-corrected chi connectivity index (χ2v) is 3.57. The molecule has 66 valence electrons. The highest BCUT2D eigenvalue weighted by Gasteiger charge is 2.00. The molecule has 0 heterocycles. The van der Waals surface area contributed by atoms with E-state index in [2.05, 4.69) is 49.4 Å². The largest absolute Gasteiger partial charge is 0.0730 e. The fourth-order valence-electron chi connectivity index (χ4n) is 1.66. The summed E-state index contributed by atoms with van der Waals surface area (Å²) < 4.78 is 0. The zero-order chi connectivity index (χ0) is 9.10. The van der Waals surface area contributed by atoms with Crippen LogP contribution < -0.4 is 0 Å². The second-order valence-electron chi connectivity index (χ2n) is 3.57. The first kappa shape index (κ1) is 8.31. The monoisotopic (exact) mass is 170 g/mol. The minimum atomic E-state index is 1.17. The third-order valence-corrected chi connectivity index (χ3v) is 2.50. The fourth-order valence-corrected chi connectivity index (χ4v) is 1.66. The van der Waals surface area contributed by atoms with Gasteiger partial charge in [-0.05, 0) is 30.9 Å². The van der Waals surface area contributed by atoms with E-state index in [-0.39, 0.29) is 0 Å². The first-order valence-corrected chi connectivity index (χ1v) is 4.78. The molecule has 1 aromatic carbocycles. The van der Waals surface area contributed by atoms with Gasteiger partial charge >= 0.3 is 0 Å². The summed E-state index contributed by atoms with van der Waals surface area (Å²) in [5.74, 6) is 0. The van der Waals surface area contributed by atoms with Crippen molar-refractivity contribution in [3.05, 3.63) is 53.1 Å². The van der Waals surface area contributed by atoms with Gasteiger partial charge in [0.05, 0.1) is 0 Å². The van der Waals surface area contributed by atoms with Crippen LogP contribution in [-0.2, 0) is 6.42 Å². The van der Waals surface area contributed by atoms with Crippen molar-refractivity contribution < 1.29 is 0 Å². The number of allylic oxidation sites excluding steroid dienone is 3. The van der Waals surface area contributed by atoms with Gasteiger partial charge in [-0.25, -0.2) is 0 Å². The van der Waals surface area contributed by atoms with Gasteiger partial charge in [0.15, 0.2) is 0 Å². The van der Waals surface area contributed by atoms with Gasteiger partial charge in [0.1, 0.15) is 0 Å². The van der Waals surface area contributed by atoms with Crippen molar-refractivity contribution in [2.24, 2.45) is 0 Å². The van der Waals surface area contributed by atoms with E-state index in [0.717, 1.165) is 0 Å². The quantitative estimate of drug-likeness (QED) is 0.558. The predicted octanol–water partition coefficient (Wildman–Crippen LogP) is 3.59. The summed E-state index contributed by atoms with van der Waals surface area (Å²) in [6, 6.07) is 8.62.